The van der Waals surface area contributed by atoms with Gasteiger partial charge in [0.2, 0.25) is 0 Å². The molecule has 0 amide bonds. The molecule has 6 heterocycles. The molecular weight excluding hydrogens is 450 g/mol. The van der Waals surface area contributed by atoms with Crippen LogP contribution in [0.2, 0.25) is 0 Å². The Kier molecular flexibility index (Phi) is 6.76. The van der Waals surface area contributed by atoms with Crippen LogP contribution in [-0.4, -0.2) is 51.1 Å². The second-order valence-corrected chi connectivity index (χ2v) is 9.79. The summed E-state index contributed by atoms with van der Waals surface area (Å²) < 4.78 is 9.07. The predicted octanol–water partition coefficient (Wildman–Crippen LogP) is 2.69. The van der Waals surface area contributed by atoms with Crippen molar-refractivity contribution in [2.45, 2.75) is 44.3 Å². The summed E-state index contributed by atoms with van der Waals surface area (Å²) in [4.78, 5) is 33.0. The average Bonchev–Trinajstić information content (AvgIpc) is 3.59. The fourth-order valence-electron chi connectivity index (χ4n) is 5.18. The lowest BCUT2D eigenvalue weighted by atomic mass is 10.1. The van der Waals surface area contributed by atoms with Crippen molar-refractivity contribution in [3.05, 3.63) is 62.9 Å². The summed E-state index contributed by atoms with van der Waals surface area (Å²) >= 11 is 1.71. The molecular formula is C25H31N5O3S. The van der Waals surface area contributed by atoms with Gasteiger partial charge in [0.15, 0.2) is 5.75 Å². The fraction of sp³-hybridized carbons (Fsp3) is 0.480. The second-order valence-electron chi connectivity index (χ2n) is 8.83. The Balaban J connectivity index is 0.00000117. The van der Waals surface area contributed by atoms with Crippen LogP contribution in [0, 0.1) is 5.92 Å². The van der Waals surface area contributed by atoms with E-state index >= 15 is 0 Å². The van der Waals surface area contributed by atoms with Crippen LogP contribution in [0.4, 0.5) is 0 Å². The second kappa shape index (κ2) is 9.93. The van der Waals surface area contributed by atoms with Crippen LogP contribution in [-0.2, 0) is 13.1 Å². The summed E-state index contributed by atoms with van der Waals surface area (Å²) in [6.07, 6.45) is 2.95. The van der Waals surface area contributed by atoms with E-state index in [1.165, 1.54) is 4.90 Å². The highest BCUT2D eigenvalue weighted by atomic mass is 32.2. The van der Waals surface area contributed by atoms with E-state index < -0.39 is 0 Å². The van der Waals surface area contributed by atoms with Gasteiger partial charge >= 0.3 is 0 Å². The molecule has 1 saturated heterocycles. The number of thioether (sulfide) groups is 1. The van der Waals surface area contributed by atoms with Crippen molar-refractivity contribution in [1.29, 1.82) is 0 Å². The first-order chi connectivity index (χ1) is 16.7. The molecule has 34 heavy (non-hydrogen) atoms. The number of hydrogen-bond acceptors (Lipinski definition) is 7. The molecule has 3 aliphatic rings. The van der Waals surface area contributed by atoms with Gasteiger partial charge in [-0.25, -0.2) is 0 Å². The van der Waals surface area contributed by atoms with Gasteiger partial charge in [0.1, 0.15) is 11.6 Å². The summed E-state index contributed by atoms with van der Waals surface area (Å²) in [6.45, 7) is 9.08. The minimum Gasteiger partial charge on any atom is -0.480 e. The highest BCUT2D eigenvalue weighted by molar-refractivity contribution is 7.99. The number of hydrogen-bond donors (Lipinski definition) is 1. The molecule has 0 aromatic carbocycles. The molecule has 3 aliphatic heterocycles. The first-order valence-corrected chi connectivity index (χ1v) is 13.1. The first-order valence-electron chi connectivity index (χ1n) is 12.1. The Morgan fingerprint density at radius 1 is 1.15 bits per heavy atom. The molecule has 0 radical (unpaired) electrons. The normalized spacial score (nSPS) is 20.8. The minimum absolute atomic E-state index is 0.00309. The smallest absolute Gasteiger partial charge is 0.252 e. The highest BCUT2D eigenvalue weighted by Crippen LogP contribution is 2.35. The molecule has 6 rings (SSSR count). The van der Waals surface area contributed by atoms with Crippen molar-refractivity contribution >= 4 is 22.8 Å². The van der Waals surface area contributed by atoms with Gasteiger partial charge in [-0.2, -0.15) is 0 Å². The Morgan fingerprint density at radius 2 is 1.97 bits per heavy atom. The molecule has 0 bridgehead atoms. The first kappa shape index (κ1) is 23.1. The van der Waals surface area contributed by atoms with Gasteiger partial charge in [-0.15, -0.1) is 0 Å². The molecule has 2 unspecified atom stereocenters. The van der Waals surface area contributed by atoms with E-state index in [-0.39, 0.29) is 17.2 Å². The molecule has 0 saturated carbocycles. The number of fused-ring (bicyclic) bond motifs is 1. The summed E-state index contributed by atoms with van der Waals surface area (Å²) in [7, 11) is 0. The van der Waals surface area contributed by atoms with Crippen LogP contribution in [0.3, 0.4) is 0 Å². The molecule has 1 N–H and O–H groups in total. The van der Waals surface area contributed by atoms with E-state index in [2.05, 4.69) is 21.3 Å². The summed E-state index contributed by atoms with van der Waals surface area (Å²) in [5.41, 5.74) is 1.74. The van der Waals surface area contributed by atoms with Crippen molar-refractivity contribution in [3.63, 3.8) is 0 Å². The predicted molar refractivity (Wildman–Crippen MR) is 135 cm³/mol. The Labute approximate surface area is 202 Å². The van der Waals surface area contributed by atoms with Gasteiger partial charge in [0, 0.05) is 43.7 Å². The molecule has 3 aromatic rings. The van der Waals surface area contributed by atoms with Gasteiger partial charge in [-0.1, -0.05) is 25.6 Å². The van der Waals surface area contributed by atoms with E-state index in [0.717, 1.165) is 61.6 Å². The summed E-state index contributed by atoms with van der Waals surface area (Å²) in [5, 5.41) is 4.50. The molecule has 0 aliphatic carbocycles. The van der Waals surface area contributed by atoms with E-state index in [4.69, 9.17) is 4.74 Å². The number of nitrogens with one attached hydrogen (secondary N) is 1. The van der Waals surface area contributed by atoms with Crippen molar-refractivity contribution in [2.75, 3.05) is 32.1 Å². The lowest BCUT2D eigenvalue weighted by Gasteiger charge is -2.22. The number of nitrogens with zero attached hydrogens (tertiary/aromatic N) is 4. The average molecular weight is 482 g/mol. The molecule has 1 fully saturated rings. The Bertz CT molecular complexity index is 1300. The van der Waals surface area contributed by atoms with Crippen molar-refractivity contribution in [3.8, 4) is 5.75 Å². The van der Waals surface area contributed by atoms with E-state index in [1.54, 1.807) is 28.5 Å². The third-order valence-corrected chi connectivity index (χ3v) is 7.58. The SMILES string of the molecule is CC.O=c1ccc2ccc(=O)n3c2n1CC3CN1CCC(CNCc2cc3c(cn2)OCS3)C1. The third kappa shape index (κ3) is 4.39. The zero-order valence-electron chi connectivity index (χ0n) is 19.7. The van der Waals surface area contributed by atoms with E-state index in [0.29, 0.717) is 18.4 Å². The summed E-state index contributed by atoms with van der Waals surface area (Å²) in [6, 6.07) is 8.95. The minimum atomic E-state index is -0.0343. The lowest BCUT2D eigenvalue weighted by Crippen LogP contribution is -2.34. The number of ether oxygens (including phenoxy) is 1. The quantitative estimate of drug-likeness (QED) is 0.580. The standard InChI is InChI=1S/C23H25N5O3S.C2H6/c29-21-3-1-16-2-4-22(30)28-18(13-27(21)23(16)28)12-26-6-5-15(11-26)8-24-9-17-7-20-19(10-25-17)31-14-32-20;1-2/h1-4,7,10,15,18,24H,5-6,8-9,11-14H2;1-2H3. The fourth-order valence-corrected chi connectivity index (χ4v) is 5.96. The van der Waals surface area contributed by atoms with Crippen LogP contribution < -0.4 is 21.2 Å². The maximum Gasteiger partial charge on any atom is 0.252 e. The topological polar surface area (TPSA) is 81.4 Å². The van der Waals surface area contributed by atoms with Crippen molar-refractivity contribution < 1.29 is 4.74 Å². The molecule has 180 valence electrons. The zero-order chi connectivity index (χ0) is 23.7. The van der Waals surface area contributed by atoms with Crippen LogP contribution >= 0.6 is 11.8 Å². The molecule has 0 spiro atoms. The Morgan fingerprint density at radius 3 is 2.82 bits per heavy atom. The molecule has 9 heteroatoms. The van der Waals surface area contributed by atoms with Gasteiger partial charge < -0.3 is 15.0 Å². The third-order valence-electron chi connectivity index (χ3n) is 6.71. The zero-order valence-corrected chi connectivity index (χ0v) is 20.5. The molecule has 8 nitrogen and oxygen atoms in total. The van der Waals surface area contributed by atoms with Gasteiger partial charge in [-0.3, -0.25) is 23.7 Å². The van der Waals surface area contributed by atoms with Crippen LogP contribution in [0.15, 0.2) is 51.0 Å². The maximum absolute atomic E-state index is 12.6. The number of likely N-dealkylation sites (tertiary alicyclic amines) is 1. The van der Waals surface area contributed by atoms with Crippen LogP contribution in [0.1, 0.15) is 32.0 Å². The van der Waals surface area contributed by atoms with Gasteiger partial charge in [0.25, 0.3) is 11.1 Å². The summed E-state index contributed by atoms with van der Waals surface area (Å²) in [5.74, 6) is 2.13. The van der Waals surface area contributed by atoms with Crippen LogP contribution in [0.25, 0.3) is 11.0 Å². The highest BCUT2D eigenvalue weighted by Gasteiger charge is 2.30. The molecule has 2 atom stereocenters. The number of rotatable bonds is 6. The van der Waals surface area contributed by atoms with Gasteiger partial charge in [-0.05, 0) is 43.6 Å². The maximum atomic E-state index is 12.6. The number of pyridine rings is 3. The van der Waals surface area contributed by atoms with Crippen molar-refractivity contribution in [1.82, 2.24) is 24.3 Å². The molecule has 3 aromatic heterocycles. The van der Waals surface area contributed by atoms with Gasteiger partial charge in [0.05, 0.1) is 22.8 Å². The monoisotopic (exact) mass is 481 g/mol. The largest absolute Gasteiger partial charge is 0.480 e. The van der Waals surface area contributed by atoms with Crippen LogP contribution in [0.5, 0.6) is 5.75 Å². The lowest BCUT2D eigenvalue weighted by molar-refractivity contribution is 0.264. The van der Waals surface area contributed by atoms with E-state index in [1.807, 2.05) is 36.7 Å². The van der Waals surface area contributed by atoms with E-state index in [9.17, 15) is 9.59 Å². The Hall–Kier alpha value is -2.62. The van der Waals surface area contributed by atoms with Crippen molar-refractivity contribution in [2.24, 2.45) is 5.92 Å². The number of aromatic nitrogens is 3.